The highest BCUT2D eigenvalue weighted by Crippen LogP contribution is 2.37. The second-order valence-corrected chi connectivity index (χ2v) is 7.74. The highest BCUT2D eigenvalue weighted by molar-refractivity contribution is 4.79. The lowest BCUT2D eigenvalue weighted by Gasteiger charge is -2.34. The van der Waals surface area contributed by atoms with Gasteiger partial charge in [-0.25, -0.2) is 0 Å². The molecular weight excluding hydrogens is 248 g/mol. The van der Waals surface area contributed by atoms with Gasteiger partial charge in [0.05, 0.1) is 6.10 Å². The molecule has 3 heteroatoms. The van der Waals surface area contributed by atoms with Crippen molar-refractivity contribution in [2.45, 2.75) is 64.9 Å². The summed E-state index contributed by atoms with van der Waals surface area (Å²) in [5, 5.41) is 13.1. The minimum atomic E-state index is -0.0417. The molecule has 0 aromatic heterocycles. The van der Waals surface area contributed by atoms with Crippen LogP contribution in [0.15, 0.2) is 0 Å². The number of hydrogen-bond donors (Lipinski definition) is 2. The normalized spacial score (nSPS) is 25.9. The Morgan fingerprint density at radius 2 is 1.75 bits per heavy atom. The number of piperidine rings is 1. The Kier molecular flexibility index (Phi) is 6.31. The summed E-state index contributed by atoms with van der Waals surface area (Å²) in [5.74, 6) is 0.910. The molecule has 2 aliphatic rings. The highest BCUT2D eigenvalue weighted by atomic mass is 16.3. The van der Waals surface area contributed by atoms with Gasteiger partial charge < -0.3 is 15.3 Å². The predicted octanol–water partition coefficient (Wildman–Crippen LogP) is 2.64. The molecule has 1 saturated heterocycles. The van der Waals surface area contributed by atoms with E-state index in [4.69, 9.17) is 0 Å². The molecule has 20 heavy (non-hydrogen) atoms. The predicted molar refractivity (Wildman–Crippen MR) is 84.9 cm³/mol. The van der Waals surface area contributed by atoms with Crippen molar-refractivity contribution in [2.75, 3.05) is 32.7 Å². The third-order valence-corrected chi connectivity index (χ3v) is 5.28. The monoisotopic (exact) mass is 282 g/mol. The summed E-state index contributed by atoms with van der Waals surface area (Å²) in [6.45, 7) is 10.5. The smallest absolute Gasteiger partial charge is 0.0564 e. The first kappa shape index (κ1) is 16.3. The van der Waals surface area contributed by atoms with Crippen LogP contribution in [0.5, 0.6) is 0 Å². The van der Waals surface area contributed by atoms with E-state index >= 15 is 0 Å². The van der Waals surface area contributed by atoms with Gasteiger partial charge in [0, 0.05) is 13.1 Å². The molecule has 0 atom stereocenters. The van der Waals surface area contributed by atoms with E-state index in [9.17, 15) is 5.11 Å². The standard InChI is InChI=1S/C17H34N2O/c1-17(2)8-4-15(5-9-17)14-18-10-3-11-19-12-6-16(20)7-13-19/h15-16,18,20H,3-14H2,1-2H3. The Morgan fingerprint density at radius 3 is 2.40 bits per heavy atom. The molecule has 0 aromatic rings. The Balaban J connectivity index is 1.46. The van der Waals surface area contributed by atoms with Gasteiger partial charge in [-0.1, -0.05) is 13.8 Å². The summed E-state index contributed by atoms with van der Waals surface area (Å²) in [7, 11) is 0. The van der Waals surface area contributed by atoms with E-state index in [0.717, 1.165) is 38.4 Å². The number of hydrogen-bond acceptors (Lipinski definition) is 3. The van der Waals surface area contributed by atoms with Crippen molar-refractivity contribution in [3.63, 3.8) is 0 Å². The Labute approximate surface area is 125 Å². The largest absolute Gasteiger partial charge is 0.393 e. The van der Waals surface area contributed by atoms with Crippen molar-refractivity contribution in [3.05, 3.63) is 0 Å². The molecule has 2 N–H and O–H groups in total. The lowest BCUT2D eigenvalue weighted by molar-refractivity contribution is 0.0820. The molecule has 1 saturated carbocycles. The van der Waals surface area contributed by atoms with Crippen LogP contribution < -0.4 is 5.32 Å². The number of likely N-dealkylation sites (tertiary alicyclic amines) is 1. The Hall–Kier alpha value is -0.120. The molecule has 2 rings (SSSR count). The van der Waals surface area contributed by atoms with Crippen LogP contribution in [0.25, 0.3) is 0 Å². The van der Waals surface area contributed by atoms with Crippen LogP contribution in [0, 0.1) is 11.3 Å². The first-order chi connectivity index (χ1) is 9.55. The maximum absolute atomic E-state index is 9.48. The van der Waals surface area contributed by atoms with Gasteiger partial charge in [-0.05, 0) is 75.9 Å². The fourth-order valence-corrected chi connectivity index (χ4v) is 3.54. The molecule has 118 valence electrons. The zero-order valence-electron chi connectivity index (χ0n) is 13.5. The van der Waals surface area contributed by atoms with Crippen molar-refractivity contribution in [2.24, 2.45) is 11.3 Å². The van der Waals surface area contributed by atoms with Crippen molar-refractivity contribution in [1.29, 1.82) is 0 Å². The van der Waals surface area contributed by atoms with Crippen molar-refractivity contribution in [1.82, 2.24) is 10.2 Å². The molecule has 0 bridgehead atoms. The quantitative estimate of drug-likeness (QED) is 0.735. The van der Waals surface area contributed by atoms with Gasteiger partial charge in [0.2, 0.25) is 0 Å². The fraction of sp³-hybridized carbons (Fsp3) is 1.00. The van der Waals surface area contributed by atoms with Gasteiger partial charge >= 0.3 is 0 Å². The summed E-state index contributed by atoms with van der Waals surface area (Å²) in [6, 6.07) is 0. The molecule has 2 fully saturated rings. The maximum atomic E-state index is 9.48. The van der Waals surface area contributed by atoms with Gasteiger partial charge in [0.25, 0.3) is 0 Å². The minimum Gasteiger partial charge on any atom is -0.393 e. The second kappa shape index (κ2) is 7.77. The number of nitrogens with one attached hydrogen (secondary N) is 1. The zero-order valence-corrected chi connectivity index (χ0v) is 13.5. The fourth-order valence-electron chi connectivity index (χ4n) is 3.54. The highest BCUT2D eigenvalue weighted by Gasteiger charge is 2.26. The molecular formula is C17H34N2O. The van der Waals surface area contributed by atoms with Gasteiger partial charge in [-0.3, -0.25) is 0 Å². The van der Waals surface area contributed by atoms with E-state index in [2.05, 4.69) is 24.1 Å². The van der Waals surface area contributed by atoms with Crippen LogP contribution in [0.1, 0.15) is 58.8 Å². The van der Waals surface area contributed by atoms with E-state index in [1.807, 2.05) is 0 Å². The van der Waals surface area contributed by atoms with Gasteiger partial charge in [0.1, 0.15) is 0 Å². The zero-order chi connectivity index (χ0) is 14.4. The van der Waals surface area contributed by atoms with Crippen LogP contribution in [0.4, 0.5) is 0 Å². The molecule has 0 amide bonds. The Bertz CT molecular complexity index is 262. The molecule has 1 aliphatic heterocycles. The van der Waals surface area contributed by atoms with Crippen LogP contribution >= 0.6 is 0 Å². The SMILES string of the molecule is CC1(C)CCC(CNCCCN2CCC(O)CC2)CC1. The lowest BCUT2D eigenvalue weighted by Crippen LogP contribution is -2.37. The molecule has 0 aromatic carbocycles. The molecule has 1 aliphatic carbocycles. The third kappa shape index (κ3) is 5.71. The number of aliphatic hydroxyl groups is 1. The summed E-state index contributed by atoms with van der Waals surface area (Å²) in [6.07, 6.45) is 8.74. The van der Waals surface area contributed by atoms with Gasteiger partial charge in [-0.15, -0.1) is 0 Å². The first-order valence-corrected chi connectivity index (χ1v) is 8.66. The van der Waals surface area contributed by atoms with Crippen molar-refractivity contribution in [3.8, 4) is 0 Å². The molecule has 0 radical (unpaired) electrons. The second-order valence-electron chi connectivity index (χ2n) is 7.74. The van der Waals surface area contributed by atoms with Crippen LogP contribution in [-0.2, 0) is 0 Å². The Morgan fingerprint density at radius 1 is 1.10 bits per heavy atom. The van der Waals surface area contributed by atoms with E-state index in [0.29, 0.717) is 5.41 Å². The van der Waals surface area contributed by atoms with Crippen molar-refractivity contribution < 1.29 is 5.11 Å². The van der Waals surface area contributed by atoms with Crippen LogP contribution in [0.2, 0.25) is 0 Å². The van der Waals surface area contributed by atoms with E-state index in [-0.39, 0.29) is 6.10 Å². The molecule has 1 heterocycles. The van der Waals surface area contributed by atoms with Crippen LogP contribution in [-0.4, -0.2) is 48.8 Å². The summed E-state index contributed by atoms with van der Waals surface area (Å²) in [4.78, 5) is 2.50. The average molecular weight is 282 g/mol. The van der Waals surface area contributed by atoms with Gasteiger partial charge in [-0.2, -0.15) is 0 Å². The van der Waals surface area contributed by atoms with E-state index in [1.54, 1.807) is 0 Å². The molecule has 0 unspecified atom stereocenters. The summed E-state index contributed by atoms with van der Waals surface area (Å²) < 4.78 is 0. The minimum absolute atomic E-state index is 0.0417. The van der Waals surface area contributed by atoms with E-state index in [1.165, 1.54) is 45.2 Å². The maximum Gasteiger partial charge on any atom is 0.0564 e. The summed E-state index contributed by atoms with van der Waals surface area (Å²) >= 11 is 0. The van der Waals surface area contributed by atoms with Crippen LogP contribution in [0.3, 0.4) is 0 Å². The van der Waals surface area contributed by atoms with E-state index < -0.39 is 0 Å². The number of nitrogens with zero attached hydrogens (tertiary/aromatic N) is 1. The van der Waals surface area contributed by atoms with Crippen molar-refractivity contribution >= 4 is 0 Å². The third-order valence-electron chi connectivity index (χ3n) is 5.28. The first-order valence-electron chi connectivity index (χ1n) is 8.66. The molecule has 0 spiro atoms. The number of aliphatic hydroxyl groups excluding tert-OH is 1. The molecule has 3 nitrogen and oxygen atoms in total. The summed E-state index contributed by atoms with van der Waals surface area (Å²) in [5.41, 5.74) is 0.593. The average Bonchev–Trinajstić information content (AvgIpc) is 2.42. The lowest BCUT2D eigenvalue weighted by atomic mass is 9.73. The van der Waals surface area contributed by atoms with Gasteiger partial charge in [0.15, 0.2) is 0 Å². The number of rotatable bonds is 6. The topological polar surface area (TPSA) is 35.5 Å².